The van der Waals surface area contributed by atoms with E-state index < -0.39 is 0 Å². The van der Waals surface area contributed by atoms with Gasteiger partial charge in [-0.3, -0.25) is 4.79 Å². The van der Waals surface area contributed by atoms with E-state index >= 15 is 0 Å². The molecule has 3 nitrogen and oxygen atoms in total. The van der Waals surface area contributed by atoms with Crippen molar-refractivity contribution >= 4 is 5.91 Å². The van der Waals surface area contributed by atoms with Gasteiger partial charge in [0.2, 0.25) is 5.91 Å². The molecule has 2 atom stereocenters. The molecule has 0 aromatic rings. The van der Waals surface area contributed by atoms with Crippen molar-refractivity contribution in [3.8, 4) is 0 Å². The summed E-state index contributed by atoms with van der Waals surface area (Å²) in [7, 11) is 0. The van der Waals surface area contributed by atoms with Crippen molar-refractivity contribution in [3.05, 3.63) is 0 Å². The second-order valence-corrected chi connectivity index (χ2v) is 5.76. The Kier molecular flexibility index (Phi) is 3.01. The molecule has 1 heterocycles. The van der Waals surface area contributed by atoms with Crippen LogP contribution < -0.4 is 10.6 Å². The summed E-state index contributed by atoms with van der Waals surface area (Å²) in [5, 5.41) is 6.41. The van der Waals surface area contributed by atoms with Gasteiger partial charge in [-0.15, -0.1) is 0 Å². The Balaban J connectivity index is 1.79. The summed E-state index contributed by atoms with van der Waals surface area (Å²) in [5.74, 6) is 0.218. The Labute approximate surface area is 92.0 Å². The molecule has 1 saturated carbocycles. The van der Waals surface area contributed by atoms with E-state index in [0.717, 1.165) is 32.2 Å². The average molecular weight is 210 g/mol. The standard InChI is InChI=1S/C12H22N2O/c1-12(2)6-5-9(8-12)14-11(15)10-4-3-7-13-10/h9-10,13H,3-8H2,1-2H3,(H,14,15)/t9?,10-/m1/s1. The van der Waals surface area contributed by atoms with Crippen LogP contribution in [0.3, 0.4) is 0 Å². The summed E-state index contributed by atoms with van der Waals surface area (Å²) in [6.07, 6.45) is 5.64. The Hall–Kier alpha value is -0.570. The van der Waals surface area contributed by atoms with Gasteiger partial charge in [-0.25, -0.2) is 0 Å². The number of amides is 1. The molecule has 1 aliphatic heterocycles. The van der Waals surface area contributed by atoms with Gasteiger partial charge in [-0.1, -0.05) is 13.8 Å². The van der Waals surface area contributed by atoms with Crippen LogP contribution in [-0.2, 0) is 4.79 Å². The van der Waals surface area contributed by atoms with Crippen molar-refractivity contribution < 1.29 is 4.79 Å². The maximum absolute atomic E-state index is 11.8. The Morgan fingerprint density at radius 2 is 2.20 bits per heavy atom. The molecule has 15 heavy (non-hydrogen) atoms. The summed E-state index contributed by atoms with van der Waals surface area (Å²) in [4.78, 5) is 11.8. The first kappa shape index (κ1) is 10.9. The zero-order chi connectivity index (χ0) is 10.9. The molecule has 1 aliphatic carbocycles. The van der Waals surface area contributed by atoms with E-state index in [-0.39, 0.29) is 11.9 Å². The highest BCUT2D eigenvalue weighted by Gasteiger charge is 2.33. The van der Waals surface area contributed by atoms with Crippen LogP contribution in [0.5, 0.6) is 0 Å². The fourth-order valence-corrected chi connectivity index (χ4v) is 2.77. The van der Waals surface area contributed by atoms with Gasteiger partial charge in [0.1, 0.15) is 0 Å². The van der Waals surface area contributed by atoms with E-state index in [9.17, 15) is 4.79 Å². The van der Waals surface area contributed by atoms with Crippen molar-refractivity contribution in [2.24, 2.45) is 5.41 Å². The van der Waals surface area contributed by atoms with E-state index in [1.807, 2.05) is 0 Å². The zero-order valence-electron chi connectivity index (χ0n) is 9.81. The predicted molar refractivity (Wildman–Crippen MR) is 60.6 cm³/mol. The van der Waals surface area contributed by atoms with E-state index in [4.69, 9.17) is 0 Å². The van der Waals surface area contributed by atoms with Crippen LogP contribution in [0, 0.1) is 5.41 Å². The molecule has 2 fully saturated rings. The quantitative estimate of drug-likeness (QED) is 0.724. The largest absolute Gasteiger partial charge is 0.352 e. The fraction of sp³-hybridized carbons (Fsp3) is 0.917. The van der Waals surface area contributed by atoms with E-state index in [1.54, 1.807) is 0 Å². The van der Waals surface area contributed by atoms with Crippen molar-refractivity contribution in [2.75, 3.05) is 6.54 Å². The highest BCUT2D eigenvalue weighted by atomic mass is 16.2. The molecule has 0 radical (unpaired) electrons. The molecule has 0 spiro atoms. The summed E-state index contributed by atoms with van der Waals surface area (Å²) >= 11 is 0. The van der Waals surface area contributed by atoms with Gasteiger partial charge >= 0.3 is 0 Å². The lowest BCUT2D eigenvalue weighted by Gasteiger charge is -2.19. The summed E-state index contributed by atoms with van der Waals surface area (Å²) in [6.45, 7) is 5.56. The predicted octanol–water partition coefficient (Wildman–Crippen LogP) is 1.43. The third kappa shape index (κ3) is 2.71. The number of hydrogen-bond donors (Lipinski definition) is 2. The van der Waals surface area contributed by atoms with Gasteiger partial charge < -0.3 is 10.6 Å². The first-order chi connectivity index (χ1) is 7.07. The average Bonchev–Trinajstić information content (AvgIpc) is 2.74. The van der Waals surface area contributed by atoms with Crippen LogP contribution in [0.15, 0.2) is 0 Å². The SMILES string of the molecule is CC1(C)CCC(NC(=O)[C@H]2CCCN2)C1. The topological polar surface area (TPSA) is 41.1 Å². The maximum atomic E-state index is 11.8. The van der Waals surface area contributed by atoms with E-state index in [2.05, 4.69) is 24.5 Å². The van der Waals surface area contributed by atoms with Gasteiger partial charge in [0, 0.05) is 6.04 Å². The highest BCUT2D eigenvalue weighted by Crippen LogP contribution is 2.36. The molecule has 1 unspecified atom stereocenters. The lowest BCUT2D eigenvalue weighted by Crippen LogP contribution is -2.44. The van der Waals surface area contributed by atoms with Crippen molar-refractivity contribution in [1.29, 1.82) is 0 Å². The normalized spacial score (nSPS) is 34.3. The number of nitrogens with one attached hydrogen (secondary N) is 2. The third-order valence-corrected chi connectivity index (χ3v) is 3.69. The van der Waals surface area contributed by atoms with Crippen LogP contribution in [0.25, 0.3) is 0 Å². The molecule has 3 heteroatoms. The van der Waals surface area contributed by atoms with Gasteiger partial charge in [-0.05, 0) is 44.1 Å². The molecule has 1 amide bonds. The molecule has 2 N–H and O–H groups in total. The molecular formula is C12H22N2O. The maximum Gasteiger partial charge on any atom is 0.237 e. The minimum absolute atomic E-state index is 0.0775. The van der Waals surface area contributed by atoms with Gasteiger partial charge in [0.15, 0.2) is 0 Å². The second-order valence-electron chi connectivity index (χ2n) is 5.76. The Bertz CT molecular complexity index is 244. The molecule has 86 valence electrons. The second kappa shape index (κ2) is 4.12. The molecule has 0 aromatic heterocycles. The summed E-state index contributed by atoms with van der Waals surface area (Å²) in [6, 6.07) is 0.489. The van der Waals surface area contributed by atoms with Crippen LogP contribution in [0.1, 0.15) is 46.0 Å². The molecule has 2 rings (SSSR count). The minimum atomic E-state index is 0.0775. The fourth-order valence-electron chi connectivity index (χ4n) is 2.77. The van der Waals surface area contributed by atoms with Gasteiger partial charge in [-0.2, -0.15) is 0 Å². The van der Waals surface area contributed by atoms with Crippen LogP contribution in [0.4, 0.5) is 0 Å². The van der Waals surface area contributed by atoms with E-state index in [0.29, 0.717) is 11.5 Å². The first-order valence-corrected chi connectivity index (χ1v) is 6.11. The van der Waals surface area contributed by atoms with Gasteiger partial charge in [0.25, 0.3) is 0 Å². The molecule has 2 aliphatic rings. The van der Waals surface area contributed by atoms with Crippen molar-refractivity contribution in [2.45, 2.75) is 58.0 Å². The number of carbonyl (C=O) groups excluding carboxylic acids is 1. The third-order valence-electron chi connectivity index (χ3n) is 3.69. The molecule has 1 saturated heterocycles. The van der Waals surface area contributed by atoms with Crippen molar-refractivity contribution in [1.82, 2.24) is 10.6 Å². The summed E-state index contributed by atoms with van der Waals surface area (Å²) < 4.78 is 0. The monoisotopic (exact) mass is 210 g/mol. The Morgan fingerprint density at radius 1 is 1.40 bits per heavy atom. The number of hydrogen-bond acceptors (Lipinski definition) is 2. The van der Waals surface area contributed by atoms with Crippen molar-refractivity contribution in [3.63, 3.8) is 0 Å². The Morgan fingerprint density at radius 3 is 2.73 bits per heavy atom. The lowest BCUT2D eigenvalue weighted by atomic mass is 9.92. The smallest absolute Gasteiger partial charge is 0.237 e. The van der Waals surface area contributed by atoms with Crippen LogP contribution in [0.2, 0.25) is 0 Å². The van der Waals surface area contributed by atoms with Gasteiger partial charge in [0.05, 0.1) is 6.04 Å². The number of carbonyl (C=O) groups is 1. The molecular weight excluding hydrogens is 188 g/mol. The van der Waals surface area contributed by atoms with Crippen LogP contribution in [-0.4, -0.2) is 24.5 Å². The lowest BCUT2D eigenvalue weighted by molar-refractivity contribution is -0.123. The summed E-state index contributed by atoms with van der Waals surface area (Å²) in [5.41, 5.74) is 0.418. The first-order valence-electron chi connectivity index (χ1n) is 6.11. The minimum Gasteiger partial charge on any atom is -0.352 e. The molecule has 0 aromatic carbocycles. The van der Waals surface area contributed by atoms with E-state index in [1.165, 1.54) is 6.42 Å². The number of rotatable bonds is 2. The zero-order valence-corrected chi connectivity index (χ0v) is 9.81. The highest BCUT2D eigenvalue weighted by molar-refractivity contribution is 5.82. The molecule has 0 bridgehead atoms. The van der Waals surface area contributed by atoms with Crippen LogP contribution >= 0.6 is 0 Å².